The van der Waals surface area contributed by atoms with Crippen LogP contribution in [0.5, 0.6) is 0 Å². The lowest BCUT2D eigenvalue weighted by Crippen LogP contribution is -2.11. The maximum atomic E-state index is 13.3. The molecule has 0 radical (unpaired) electrons. The summed E-state index contributed by atoms with van der Waals surface area (Å²) in [6, 6.07) is 10.2. The summed E-state index contributed by atoms with van der Waals surface area (Å²) in [5.74, 6) is -1.05. The first-order valence-corrected chi connectivity index (χ1v) is 6.87. The summed E-state index contributed by atoms with van der Waals surface area (Å²) in [5, 5.41) is 0. The standard InChI is InChI=1S/C18H16F2/c1-2-12-3-4-14-10-15(6-5-13(14)9-12)16-7-8-17(19)18(20)11-16/h2,5-8,10-12H,1,3-4,9H2. The van der Waals surface area contributed by atoms with Gasteiger partial charge in [0.25, 0.3) is 0 Å². The average Bonchev–Trinajstić information content (AvgIpc) is 2.49. The summed E-state index contributed by atoms with van der Waals surface area (Å²) < 4.78 is 26.3. The minimum Gasteiger partial charge on any atom is -0.204 e. The zero-order valence-electron chi connectivity index (χ0n) is 11.2. The van der Waals surface area contributed by atoms with Gasteiger partial charge in [-0.1, -0.05) is 30.3 Å². The molecule has 1 aliphatic carbocycles. The van der Waals surface area contributed by atoms with Crippen molar-refractivity contribution in [2.45, 2.75) is 19.3 Å². The van der Waals surface area contributed by atoms with Crippen molar-refractivity contribution in [1.29, 1.82) is 0 Å². The van der Waals surface area contributed by atoms with E-state index < -0.39 is 11.6 Å². The molecular formula is C18H16F2. The molecule has 20 heavy (non-hydrogen) atoms. The van der Waals surface area contributed by atoms with Gasteiger partial charge in [-0.2, -0.15) is 0 Å². The molecule has 0 saturated carbocycles. The van der Waals surface area contributed by atoms with Gasteiger partial charge in [0.05, 0.1) is 0 Å². The van der Waals surface area contributed by atoms with E-state index in [1.165, 1.54) is 23.3 Å². The van der Waals surface area contributed by atoms with E-state index >= 15 is 0 Å². The first-order valence-electron chi connectivity index (χ1n) is 6.87. The Morgan fingerprint density at radius 2 is 1.70 bits per heavy atom. The highest BCUT2D eigenvalue weighted by atomic mass is 19.2. The van der Waals surface area contributed by atoms with Crippen LogP contribution >= 0.6 is 0 Å². The Labute approximate surface area is 117 Å². The van der Waals surface area contributed by atoms with E-state index in [1.807, 2.05) is 12.1 Å². The highest BCUT2D eigenvalue weighted by Gasteiger charge is 2.16. The van der Waals surface area contributed by atoms with E-state index in [4.69, 9.17) is 0 Å². The molecule has 0 amide bonds. The van der Waals surface area contributed by atoms with Crippen molar-refractivity contribution < 1.29 is 8.78 Å². The smallest absolute Gasteiger partial charge is 0.159 e. The van der Waals surface area contributed by atoms with Crippen LogP contribution in [0.4, 0.5) is 8.78 Å². The predicted octanol–water partition coefficient (Wildman–Crippen LogP) is 4.92. The van der Waals surface area contributed by atoms with Gasteiger partial charge >= 0.3 is 0 Å². The van der Waals surface area contributed by atoms with Crippen LogP contribution < -0.4 is 0 Å². The molecule has 0 N–H and O–H groups in total. The van der Waals surface area contributed by atoms with Gasteiger partial charge in [-0.05, 0) is 59.6 Å². The third-order valence-corrected chi connectivity index (χ3v) is 4.06. The second kappa shape index (κ2) is 5.20. The molecule has 1 atom stereocenters. The quantitative estimate of drug-likeness (QED) is 0.679. The first kappa shape index (κ1) is 13.0. The van der Waals surface area contributed by atoms with E-state index in [1.54, 1.807) is 6.07 Å². The normalized spacial score (nSPS) is 17.6. The Morgan fingerprint density at radius 1 is 0.950 bits per heavy atom. The van der Waals surface area contributed by atoms with Gasteiger partial charge in [0.2, 0.25) is 0 Å². The molecule has 0 bridgehead atoms. The summed E-state index contributed by atoms with van der Waals surface area (Å²) in [7, 11) is 0. The lowest BCUT2D eigenvalue weighted by molar-refractivity contribution is 0.509. The molecule has 1 unspecified atom stereocenters. The molecule has 2 heteroatoms. The molecule has 0 aliphatic heterocycles. The number of halogens is 2. The van der Waals surface area contributed by atoms with Crippen LogP contribution in [0.1, 0.15) is 17.5 Å². The first-order chi connectivity index (χ1) is 9.67. The van der Waals surface area contributed by atoms with Crippen molar-refractivity contribution >= 4 is 0 Å². The molecule has 1 aliphatic rings. The van der Waals surface area contributed by atoms with Gasteiger partial charge in [0.1, 0.15) is 0 Å². The number of hydrogen-bond donors (Lipinski definition) is 0. The molecule has 0 spiro atoms. The maximum absolute atomic E-state index is 13.3. The number of hydrogen-bond acceptors (Lipinski definition) is 0. The average molecular weight is 270 g/mol. The number of aryl methyl sites for hydroxylation is 1. The summed E-state index contributed by atoms with van der Waals surface area (Å²) in [5.41, 5.74) is 4.31. The lowest BCUT2D eigenvalue weighted by Gasteiger charge is -2.22. The Hall–Kier alpha value is -1.96. The van der Waals surface area contributed by atoms with Gasteiger partial charge < -0.3 is 0 Å². The topological polar surface area (TPSA) is 0 Å². The molecular weight excluding hydrogens is 254 g/mol. The van der Waals surface area contributed by atoms with E-state index in [0.717, 1.165) is 30.4 Å². The van der Waals surface area contributed by atoms with E-state index in [0.29, 0.717) is 5.92 Å². The fraction of sp³-hybridized carbons (Fsp3) is 0.222. The third kappa shape index (κ3) is 2.38. The summed E-state index contributed by atoms with van der Waals surface area (Å²) in [4.78, 5) is 0. The van der Waals surface area contributed by atoms with Crippen LogP contribution in [-0.2, 0) is 12.8 Å². The second-order valence-corrected chi connectivity index (χ2v) is 5.35. The second-order valence-electron chi connectivity index (χ2n) is 5.35. The molecule has 0 saturated heterocycles. The lowest BCUT2D eigenvalue weighted by atomic mass is 9.83. The maximum Gasteiger partial charge on any atom is 0.159 e. The molecule has 0 heterocycles. The zero-order chi connectivity index (χ0) is 14.1. The Kier molecular flexibility index (Phi) is 3.39. The largest absolute Gasteiger partial charge is 0.204 e. The SMILES string of the molecule is C=CC1CCc2cc(-c3ccc(F)c(F)c3)ccc2C1. The monoisotopic (exact) mass is 270 g/mol. The van der Waals surface area contributed by atoms with Crippen molar-refractivity contribution in [3.8, 4) is 11.1 Å². The van der Waals surface area contributed by atoms with Crippen LogP contribution in [0.3, 0.4) is 0 Å². The van der Waals surface area contributed by atoms with E-state index in [2.05, 4.69) is 18.7 Å². The van der Waals surface area contributed by atoms with Crippen LogP contribution in [0, 0.1) is 17.6 Å². The number of rotatable bonds is 2. The summed E-state index contributed by atoms with van der Waals surface area (Å²) in [6.07, 6.45) is 5.17. The summed E-state index contributed by atoms with van der Waals surface area (Å²) in [6.45, 7) is 3.86. The van der Waals surface area contributed by atoms with Crippen LogP contribution in [0.2, 0.25) is 0 Å². The van der Waals surface area contributed by atoms with Crippen LogP contribution in [0.25, 0.3) is 11.1 Å². The minimum absolute atomic E-state index is 0.552. The fourth-order valence-corrected chi connectivity index (χ4v) is 2.84. The predicted molar refractivity (Wildman–Crippen MR) is 77.5 cm³/mol. The van der Waals surface area contributed by atoms with Crippen LogP contribution in [-0.4, -0.2) is 0 Å². The van der Waals surface area contributed by atoms with Crippen molar-refractivity contribution in [3.05, 3.63) is 71.8 Å². The highest BCUT2D eigenvalue weighted by Crippen LogP contribution is 2.30. The van der Waals surface area contributed by atoms with Gasteiger partial charge in [-0.25, -0.2) is 8.78 Å². The van der Waals surface area contributed by atoms with Gasteiger partial charge in [0, 0.05) is 0 Å². The Morgan fingerprint density at radius 3 is 2.45 bits per heavy atom. The van der Waals surface area contributed by atoms with Crippen molar-refractivity contribution in [3.63, 3.8) is 0 Å². The minimum atomic E-state index is -0.805. The highest BCUT2D eigenvalue weighted by molar-refractivity contribution is 5.65. The molecule has 0 aromatic heterocycles. The number of fused-ring (bicyclic) bond motifs is 1. The summed E-state index contributed by atoms with van der Waals surface area (Å²) >= 11 is 0. The van der Waals surface area contributed by atoms with E-state index in [9.17, 15) is 8.78 Å². The molecule has 0 nitrogen and oxygen atoms in total. The van der Waals surface area contributed by atoms with Crippen molar-refractivity contribution in [2.75, 3.05) is 0 Å². The molecule has 2 aromatic rings. The Bertz CT molecular complexity index is 658. The zero-order valence-corrected chi connectivity index (χ0v) is 11.2. The van der Waals surface area contributed by atoms with E-state index in [-0.39, 0.29) is 0 Å². The van der Waals surface area contributed by atoms with Gasteiger partial charge in [-0.3, -0.25) is 0 Å². The van der Waals surface area contributed by atoms with Crippen molar-refractivity contribution in [1.82, 2.24) is 0 Å². The van der Waals surface area contributed by atoms with Gasteiger partial charge in [-0.15, -0.1) is 6.58 Å². The molecule has 0 fully saturated rings. The third-order valence-electron chi connectivity index (χ3n) is 4.06. The van der Waals surface area contributed by atoms with Crippen LogP contribution in [0.15, 0.2) is 49.1 Å². The number of allylic oxidation sites excluding steroid dienone is 1. The molecule has 2 aromatic carbocycles. The Balaban J connectivity index is 1.96. The molecule has 102 valence electrons. The van der Waals surface area contributed by atoms with Gasteiger partial charge in [0.15, 0.2) is 11.6 Å². The fourth-order valence-electron chi connectivity index (χ4n) is 2.84. The van der Waals surface area contributed by atoms with Crippen molar-refractivity contribution in [2.24, 2.45) is 5.92 Å². The number of benzene rings is 2. The molecule has 3 rings (SSSR count).